The summed E-state index contributed by atoms with van der Waals surface area (Å²) < 4.78 is 10.5. The van der Waals surface area contributed by atoms with Crippen molar-refractivity contribution in [3.8, 4) is 5.75 Å². The van der Waals surface area contributed by atoms with E-state index in [0.717, 1.165) is 0 Å². The quantitative estimate of drug-likeness (QED) is 0.810. The van der Waals surface area contributed by atoms with E-state index in [9.17, 15) is 9.59 Å². The minimum absolute atomic E-state index is 0.327. The predicted octanol–water partition coefficient (Wildman–Crippen LogP) is 3.32. The second-order valence-corrected chi connectivity index (χ2v) is 5.29. The highest BCUT2D eigenvalue weighted by Crippen LogP contribution is 2.14. The molecule has 0 radical (unpaired) electrons. The van der Waals surface area contributed by atoms with Gasteiger partial charge in [-0.25, -0.2) is 9.78 Å². The monoisotopic (exact) mass is 348 g/mol. The lowest BCUT2D eigenvalue weighted by Crippen LogP contribution is -2.30. The molecule has 0 aliphatic heterocycles. The number of anilines is 1. The number of carbonyl (C=O) groups excluding carboxylic acids is 2. The van der Waals surface area contributed by atoms with Crippen LogP contribution in [0.4, 0.5) is 5.82 Å². The minimum atomic E-state index is -0.971. The first-order chi connectivity index (χ1) is 11.5. The van der Waals surface area contributed by atoms with E-state index in [1.807, 2.05) is 6.92 Å². The highest BCUT2D eigenvalue weighted by molar-refractivity contribution is 6.30. The van der Waals surface area contributed by atoms with E-state index in [2.05, 4.69) is 10.3 Å². The second-order valence-electron chi connectivity index (χ2n) is 4.86. The molecule has 2 rings (SSSR count). The topological polar surface area (TPSA) is 77.5 Å². The number of carbonyl (C=O) groups is 2. The molecule has 24 heavy (non-hydrogen) atoms. The molecule has 1 aromatic carbocycles. The van der Waals surface area contributed by atoms with Gasteiger partial charge in [0, 0.05) is 6.20 Å². The molecule has 0 saturated heterocycles. The first kappa shape index (κ1) is 17.7. The summed E-state index contributed by atoms with van der Waals surface area (Å²) in [6, 6.07) is 9.66. The van der Waals surface area contributed by atoms with Crippen molar-refractivity contribution in [3.63, 3.8) is 0 Å². The molecule has 1 aromatic heterocycles. The number of ether oxygens (including phenoxy) is 2. The maximum Gasteiger partial charge on any atom is 0.338 e. The highest BCUT2D eigenvalue weighted by Gasteiger charge is 2.19. The Morgan fingerprint density at radius 2 is 1.92 bits per heavy atom. The average molecular weight is 349 g/mol. The Bertz CT molecular complexity index is 702. The molecule has 0 unspecified atom stereocenters. The number of hydrogen-bond acceptors (Lipinski definition) is 5. The number of rotatable bonds is 6. The summed E-state index contributed by atoms with van der Waals surface area (Å²) in [5.41, 5.74) is 0.336. The van der Waals surface area contributed by atoms with Crippen LogP contribution in [0.2, 0.25) is 5.02 Å². The fourth-order valence-electron chi connectivity index (χ4n) is 1.81. The number of pyridine rings is 1. The van der Waals surface area contributed by atoms with Crippen molar-refractivity contribution < 1.29 is 19.1 Å². The summed E-state index contributed by atoms with van der Waals surface area (Å²) in [5, 5.41) is 3.01. The summed E-state index contributed by atoms with van der Waals surface area (Å²) in [7, 11) is 0. The van der Waals surface area contributed by atoms with Crippen LogP contribution in [0.25, 0.3) is 0 Å². The van der Waals surface area contributed by atoms with Crippen LogP contribution < -0.4 is 10.1 Å². The molecule has 6 nitrogen and oxygen atoms in total. The number of amides is 1. The van der Waals surface area contributed by atoms with Crippen molar-refractivity contribution in [2.24, 2.45) is 0 Å². The van der Waals surface area contributed by atoms with Gasteiger partial charge in [-0.2, -0.15) is 0 Å². The summed E-state index contributed by atoms with van der Waals surface area (Å²) in [6.07, 6.45) is 0.440. The number of nitrogens with zero attached hydrogens (tertiary/aromatic N) is 1. The van der Waals surface area contributed by atoms with E-state index >= 15 is 0 Å². The molecule has 0 spiro atoms. The smallest absolute Gasteiger partial charge is 0.338 e. The first-order valence-corrected chi connectivity index (χ1v) is 7.73. The molecular weight excluding hydrogens is 332 g/mol. The fraction of sp³-hybridized carbons (Fsp3) is 0.235. The molecular formula is C17H17ClN2O4. The molecule has 1 amide bonds. The zero-order valence-electron chi connectivity index (χ0n) is 13.3. The van der Waals surface area contributed by atoms with Gasteiger partial charge in [-0.05, 0) is 50.2 Å². The number of hydrogen-bond donors (Lipinski definition) is 1. The number of halogens is 1. The summed E-state index contributed by atoms with van der Waals surface area (Å²) in [6.45, 7) is 3.90. The second kappa shape index (κ2) is 8.31. The van der Waals surface area contributed by atoms with E-state index < -0.39 is 18.0 Å². The van der Waals surface area contributed by atoms with Crippen LogP contribution in [0, 0.1) is 0 Å². The number of benzene rings is 1. The predicted molar refractivity (Wildman–Crippen MR) is 90.4 cm³/mol. The van der Waals surface area contributed by atoms with Crippen LogP contribution in [0.1, 0.15) is 24.2 Å². The van der Waals surface area contributed by atoms with Crippen molar-refractivity contribution in [1.82, 2.24) is 4.98 Å². The first-order valence-electron chi connectivity index (χ1n) is 7.36. The Morgan fingerprint density at radius 3 is 2.50 bits per heavy atom. The molecule has 1 N–H and O–H groups in total. The van der Waals surface area contributed by atoms with E-state index in [1.165, 1.54) is 13.1 Å². The molecule has 7 heteroatoms. The van der Waals surface area contributed by atoms with Crippen molar-refractivity contribution in [2.45, 2.75) is 20.0 Å². The van der Waals surface area contributed by atoms with Crippen LogP contribution in [0.3, 0.4) is 0 Å². The van der Waals surface area contributed by atoms with Crippen molar-refractivity contribution >= 4 is 29.3 Å². The zero-order chi connectivity index (χ0) is 17.5. The van der Waals surface area contributed by atoms with Crippen LogP contribution in [-0.2, 0) is 9.53 Å². The maximum absolute atomic E-state index is 12.0. The molecule has 1 heterocycles. The molecule has 2 aromatic rings. The van der Waals surface area contributed by atoms with E-state index in [0.29, 0.717) is 28.8 Å². The molecule has 0 fully saturated rings. The Morgan fingerprint density at radius 1 is 1.21 bits per heavy atom. The number of nitrogens with one attached hydrogen (secondary N) is 1. The summed E-state index contributed by atoms with van der Waals surface area (Å²) in [4.78, 5) is 28.0. The number of esters is 1. The van der Waals surface area contributed by atoms with Crippen LogP contribution in [0.15, 0.2) is 42.6 Å². The van der Waals surface area contributed by atoms with Gasteiger partial charge in [0.1, 0.15) is 11.6 Å². The highest BCUT2D eigenvalue weighted by atomic mass is 35.5. The van der Waals surface area contributed by atoms with Gasteiger partial charge in [-0.3, -0.25) is 4.79 Å². The third kappa shape index (κ3) is 4.96. The Labute approximate surface area is 144 Å². The van der Waals surface area contributed by atoms with Crippen LogP contribution >= 0.6 is 11.6 Å². The van der Waals surface area contributed by atoms with Gasteiger partial charge in [0.2, 0.25) is 0 Å². The Balaban J connectivity index is 1.92. The van der Waals surface area contributed by atoms with Gasteiger partial charge in [0.25, 0.3) is 5.91 Å². The molecule has 0 saturated carbocycles. The third-order valence-corrected chi connectivity index (χ3v) is 3.26. The van der Waals surface area contributed by atoms with Gasteiger partial charge >= 0.3 is 5.97 Å². The standard InChI is InChI=1S/C17H17ClN2O4/c1-3-23-14-7-4-12(5-8-14)17(22)24-11(2)16(21)20-15-9-6-13(18)10-19-15/h4-11H,3H2,1-2H3,(H,19,20,21)/t11-/m0/s1. The fourth-order valence-corrected chi connectivity index (χ4v) is 1.93. The molecule has 0 aliphatic rings. The normalized spacial score (nSPS) is 11.5. The lowest BCUT2D eigenvalue weighted by molar-refractivity contribution is -0.123. The number of aromatic nitrogens is 1. The van der Waals surface area contributed by atoms with Crippen molar-refractivity contribution in [3.05, 3.63) is 53.2 Å². The van der Waals surface area contributed by atoms with Gasteiger partial charge in [-0.1, -0.05) is 11.6 Å². The van der Waals surface area contributed by atoms with E-state index in [-0.39, 0.29) is 0 Å². The van der Waals surface area contributed by atoms with Crippen LogP contribution in [0.5, 0.6) is 5.75 Å². The van der Waals surface area contributed by atoms with Gasteiger partial charge in [-0.15, -0.1) is 0 Å². The Hall–Kier alpha value is -2.60. The molecule has 1 atom stereocenters. The average Bonchev–Trinajstić information content (AvgIpc) is 2.57. The van der Waals surface area contributed by atoms with E-state index in [1.54, 1.807) is 36.4 Å². The van der Waals surface area contributed by atoms with Crippen molar-refractivity contribution in [2.75, 3.05) is 11.9 Å². The zero-order valence-corrected chi connectivity index (χ0v) is 14.0. The lowest BCUT2D eigenvalue weighted by Gasteiger charge is -2.13. The van der Waals surface area contributed by atoms with Gasteiger partial charge in [0.05, 0.1) is 17.2 Å². The van der Waals surface area contributed by atoms with Crippen molar-refractivity contribution in [1.29, 1.82) is 0 Å². The van der Waals surface area contributed by atoms with Crippen LogP contribution in [-0.4, -0.2) is 29.6 Å². The lowest BCUT2D eigenvalue weighted by atomic mass is 10.2. The third-order valence-electron chi connectivity index (χ3n) is 3.03. The summed E-state index contributed by atoms with van der Waals surface area (Å²) in [5.74, 6) is -0.0871. The van der Waals surface area contributed by atoms with E-state index in [4.69, 9.17) is 21.1 Å². The maximum atomic E-state index is 12.0. The minimum Gasteiger partial charge on any atom is -0.494 e. The molecule has 0 aliphatic carbocycles. The molecule has 0 bridgehead atoms. The SMILES string of the molecule is CCOc1ccc(C(=O)O[C@@H](C)C(=O)Nc2ccc(Cl)cn2)cc1. The van der Waals surface area contributed by atoms with Gasteiger partial charge in [0.15, 0.2) is 6.10 Å². The Kier molecular flexibility index (Phi) is 6.14. The summed E-state index contributed by atoms with van der Waals surface area (Å²) >= 11 is 5.72. The van der Waals surface area contributed by atoms with Gasteiger partial charge < -0.3 is 14.8 Å². The molecule has 126 valence electrons. The largest absolute Gasteiger partial charge is 0.494 e.